The Bertz CT molecular complexity index is 808. The standard InChI is InChI=1S/C18H19ClN4O3/c1-21-17(25)11-6-8-12(9-7-11)22-16(24)10-15(23-18(20)26)13-4-2-3-5-14(13)19/h2-9,15H,10H2,1H3,(H,21,25)(H,22,24)(H3,20,23,26). The number of amides is 4. The number of hydrogen-bond donors (Lipinski definition) is 4. The number of benzene rings is 2. The highest BCUT2D eigenvalue weighted by Gasteiger charge is 2.20. The maximum Gasteiger partial charge on any atom is 0.312 e. The van der Waals surface area contributed by atoms with E-state index in [0.29, 0.717) is 21.8 Å². The molecule has 0 aliphatic heterocycles. The summed E-state index contributed by atoms with van der Waals surface area (Å²) in [6.45, 7) is 0. The van der Waals surface area contributed by atoms with E-state index in [-0.39, 0.29) is 18.2 Å². The van der Waals surface area contributed by atoms with E-state index in [1.165, 1.54) is 0 Å². The average molecular weight is 375 g/mol. The van der Waals surface area contributed by atoms with Gasteiger partial charge in [0.15, 0.2) is 0 Å². The lowest BCUT2D eigenvalue weighted by atomic mass is 10.0. The van der Waals surface area contributed by atoms with Gasteiger partial charge in [0.2, 0.25) is 5.91 Å². The first-order valence-corrected chi connectivity index (χ1v) is 8.21. The smallest absolute Gasteiger partial charge is 0.312 e. The summed E-state index contributed by atoms with van der Waals surface area (Å²) in [7, 11) is 1.54. The van der Waals surface area contributed by atoms with Crippen molar-refractivity contribution in [3.8, 4) is 0 Å². The van der Waals surface area contributed by atoms with Crippen LogP contribution in [0.4, 0.5) is 10.5 Å². The van der Waals surface area contributed by atoms with Crippen LogP contribution in [0.5, 0.6) is 0 Å². The first-order chi connectivity index (χ1) is 12.4. The van der Waals surface area contributed by atoms with Gasteiger partial charge in [-0.2, -0.15) is 0 Å². The van der Waals surface area contributed by atoms with Crippen molar-refractivity contribution in [2.45, 2.75) is 12.5 Å². The molecule has 0 aliphatic rings. The van der Waals surface area contributed by atoms with Gasteiger partial charge in [0.1, 0.15) is 0 Å². The summed E-state index contributed by atoms with van der Waals surface area (Å²) in [6, 6.07) is 11.9. The maximum atomic E-state index is 12.3. The second-order valence-electron chi connectivity index (χ2n) is 5.49. The van der Waals surface area contributed by atoms with Gasteiger partial charge in [-0.05, 0) is 35.9 Å². The van der Waals surface area contributed by atoms with E-state index in [1.54, 1.807) is 55.6 Å². The zero-order valence-corrected chi connectivity index (χ0v) is 14.8. The molecule has 0 aliphatic carbocycles. The van der Waals surface area contributed by atoms with Gasteiger partial charge in [-0.1, -0.05) is 29.8 Å². The highest BCUT2D eigenvalue weighted by atomic mass is 35.5. The summed E-state index contributed by atoms with van der Waals surface area (Å²) in [5.41, 5.74) is 6.81. The Balaban J connectivity index is 2.08. The predicted octanol–water partition coefficient (Wildman–Crippen LogP) is 2.44. The van der Waals surface area contributed by atoms with Crippen molar-refractivity contribution in [2.24, 2.45) is 5.73 Å². The molecule has 1 atom stereocenters. The molecule has 2 rings (SSSR count). The molecule has 8 heteroatoms. The number of urea groups is 1. The van der Waals surface area contributed by atoms with Crippen molar-refractivity contribution in [3.05, 3.63) is 64.7 Å². The van der Waals surface area contributed by atoms with E-state index in [9.17, 15) is 14.4 Å². The molecular formula is C18H19ClN4O3. The van der Waals surface area contributed by atoms with Gasteiger partial charge >= 0.3 is 6.03 Å². The zero-order chi connectivity index (χ0) is 19.1. The van der Waals surface area contributed by atoms with Gasteiger partial charge in [0, 0.05) is 23.3 Å². The summed E-state index contributed by atoms with van der Waals surface area (Å²) < 4.78 is 0. The SMILES string of the molecule is CNC(=O)c1ccc(NC(=O)CC(NC(N)=O)c2ccccc2Cl)cc1. The maximum absolute atomic E-state index is 12.3. The largest absolute Gasteiger partial charge is 0.355 e. The van der Waals surface area contributed by atoms with E-state index < -0.39 is 12.1 Å². The van der Waals surface area contributed by atoms with Gasteiger partial charge in [-0.25, -0.2) is 4.79 Å². The van der Waals surface area contributed by atoms with Crippen molar-refractivity contribution >= 4 is 35.1 Å². The fourth-order valence-electron chi connectivity index (χ4n) is 2.41. The molecule has 0 saturated carbocycles. The van der Waals surface area contributed by atoms with Gasteiger partial charge in [-0.15, -0.1) is 0 Å². The van der Waals surface area contributed by atoms with Crippen LogP contribution in [-0.2, 0) is 4.79 Å². The lowest BCUT2D eigenvalue weighted by molar-refractivity contribution is -0.116. The highest BCUT2D eigenvalue weighted by Crippen LogP contribution is 2.25. The molecule has 2 aromatic carbocycles. The molecule has 0 spiro atoms. The number of carbonyl (C=O) groups excluding carboxylic acids is 3. The highest BCUT2D eigenvalue weighted by molar-refractivity contribution is 6.31. The molecule has 0 bridgehead atoms. The summed E-state index contributed by atoms with van der Waals surface area (Å²) in [6.07, 6.45) is -0.0517. The molecule has 0 fully saturated rings. The number of carbonyl (C=O) groups is 3. The van der Waals surface area contributed by atoms with Crippen LogP contribution in [0.15, 0.2) is 48.5 Å². The topological polar surface area (TPSA) is 113 Å². The van der Waals surface area contributed by atoms with Crippen LogP contribution in [-0.4, -0.2) is 24.9 Å². The van der Waals surface area contributed by atoms with Crippen LogP contribution >= 0.6 is 11.6 Å². The van der Waals surface area contributed by atoms with Crippen LogP contribution < -0.4 is 21.7 Å². The number of nitrogens with two attached hydrogens (primary N) is 1. The molecule has 136 valence electrons. The number of halogens is 1. The van der Waals surface area contributed by atoms with Crippen LogP contribution in [0.2, 0.25) is 5.02 Å². The summed E-state index contributed by atoms with van der Waals surface area (Å²) in [4.78, 5) is 35.1. The van der Waals surface area contributed by atoms with Crippen molar-refractivity contribution < 1.29 is 14.4 Å². The lowest BCUT2D eigenvalue weighted by Gasteiger charge is -2.19. The summed E-state index contributed by atoms with van der Waals surface area (Å²) in [5.74, 6) is -0.552. The molecule has 1 unspecified atom stereocenters. The first kappa shape index (κ1) is 19.3. The molecule has 7 nitrogen and oxygen atoms in total. The van der Waals surface area contributed by atoms with E-state index in [2.05, 4.69) is 16.0 Å². The Morgan fingerprint density at radius 3 is 2.31 bits per heavy atom. The van der Waals surface area contributed by atoms with Crippen molar-refractivity contribution in [1.29, 1.82) is 0 Å². The number of hydrogen-bond acceptors (Lipinski definition) is 3. The molecule has 0 radical (unpaired) electrons. The van der Waals surface area contributed by atoms with Crippen LogP contribution in [0.3, 0.4) is 0 Å². The molecule has 26 heavy (non-hydrogen) atoms. The number of rotatable bonds is 6. The lowest BCUT2D eigenvalue weighted by Crippen LogP contribution is -2.35. The fourth-order valence-corrected chi connectivity index (χ4v) is 2.68. The van der Waals surface area contributed by atoms with E-state index in [4.69, 9.17) is 17.3 Å². The number of primary amides is 1. The first-order valence-electron chi connectivity index (χ1n) is 7.83. The number of anilines is 1. The third kappa shape index (κ3) is 5.22. The van der Waals surface area contributed by atoms with E-state index in [1.807, 2.05) is 0 Å². The minimum absolute atomic E-state index is 0.0517. The Hall–Kier alpha value is -3.06. The molecule has 0 aromatic heterocycles. The third-order valence-electron chi connectivity index (χ3n) is 3.64. The van der Waals surface area contributed by atoms with Gasteiger partial charge in [0.25, 0.3) is 5.91 Å². The zero-order valence-electron chi connectivity index (χ0n) is 14.1. The Kier molecular flexibility index (Phi) is 6.57. The minimum Gasteiger partial charge on any atom is -0.355 e. The molecule has 2 aromatic rings. The fraction of sp³-hybridized carbons (Fsp3) is 0.167. The Labute approximate surface area is 155 Å². The average Bonchev–Trinajstić information content (AvgIpc) is 2.61. The molecular weight excluding hydrogens is 356 g/mol. The van der Waals surface area contributed by atoms with Crippen molar-refractivity contribution in [1.82, 2.24) is 10.6 Å². The third-order valence-corrected chi connectivity index (χ3v) is 3.99. The Morgan fingerprint density at radius 2 is 1.73 bits per heavy atom. The molecule has 5 N–H and O–H groups in total. The van der Waals surface area contributed by atoms with Gasteiger partial charge in [-0.3, -0.25) is 9.59 Å². The van der Waals surface area contributed by atoms with Crippen LogP contribution in [0.1, 0.15) is 28.4 Å². The second kappa shape index (κ2) is 8.87. The molecule has 0 saturated heterocycles. The Morgan fingerprint density at radius 1 is 1.08 bits per heavy atom. The van der Waals surface area contributed by atoms with E-state index in [0.717, 1.165) is 0 Å². The summed E-state index contributed by atoms with van der Waals surface area (Å²) >= 11 is 6.15. The van der Waals surface area contributed by atoms with Gasteiger partial charge < -0.3 is 21.7 Å². The van der Waals surface area contributed by atoms with Crippen molar-refractivity contribution in [3.63, 3.8) is 0 Å². The van der Waals surface area contributed by atoms with Crippen molar-refractivity contribution in [2.75, 3.05) is 12.4 Å². The van der Waals surface area contributed by atoms with Gasteiger partial charge in [0.05, 0.1) is 12.5 Å². The van der Waals surface area contributed by atoms with E-state index >= 15 is 0 Å². The monoisotopic (exact) mass is 374 g/mol. The molecule has 0 heterocycles. The quantitative estimate of drug-likeness (QED) is 0.622. The number of nitrogens with one attached hydrogen (secondary N) is 3. The predicted molar refractivity (Wildman–Crippen MR) is 100.0 cm³/mol. The minimum atomic E-state index is -0.752. The second-order valence-corrected chi connectivity index (χ2v) is 5.90. The summed E-state index contributed by atoms with van der Waals surface area (Å²) in [5, 5.41) is 8.18. The molecule has 4 amide bonds. The normalized spacial score (nSPS) is 11.3. The van der Waals surface area contributed by atoms with Crippen LogP contribution in [0.25, 0.3) is 0 Å². The van der Waals surface area contributed by atoms with Crippen LogP contribution in [0, 0.1) is 0 Å².